The van der Waals surface area contributed by atoms with E-state index in [0.29, 0.717) is 36.0 Å². The zero-order chi connectivity index (χ0) is 23.8. The highest BCUT2D eigenvalue weighted by atomic mass is 35.5. The second-order valence-electron chi connectivity index (χ2n) is 8.30. The van der Waals surface area contributed by atoms with Gasteiger partial charge in [0.15, 0.2) is 0 Å². The maximum absolute atomic E-state index is 13.5. The Morgan fingerprint density at radius 1 is 0.939 bits per heavy atom. The minimum absolute atomic E-state index is 0.144. The van der Waals surface area contributed by atoms with E-state index in [1.54, 1.807) is 16.7 Å². The molecule has 2 aromatic carbocycles. The predicted octanol–water partition coefficient (Wildman–Crippen LogP) is 5.92. The molecular weight excluding hydrogens is 478 g/mol. The number of nitrogens with two attached hydrogens (primary N) is 1. The van der Waals surface area contributed by atoms with Crippen molar-refractivity contribution in [2.75, 3.05) is 18.0 Å². The first-order chi connectivity index (χ1) is 15.6. The van der Waals surface area contributed by atoms with Crippen LogP contribution in [0.4, 0.5) is 10.5 Å². The molecule has 2 aromatic rings. The molecule has 0 aliphatic carbocycles. The largest absolute Gasteiger partial charge is 0.329 e. The highest BCUT2D eigenvalue weighted by Crippen LogP contribution is 2.41. The highest BCUT2D eigenvalue weighted by molar-refractivity contribution is 8.20. The third-order valence-electron chi connectivity index (χ3n) is 5.84. The van der Waals surface area contributed by atoms with E-state index in [4.69, 9.17) is 16.7 Å². The Morgan fingerprint density at radius 3 is 2.27 bits per heavy atom. The smallest absolute Gasteiger partial charge is 0.294 e. The topological polar surface area (TPSA) is 83.7 Å². The van der Waals surface area contributed by atoms with Gasteiger partial charge in [0, 0.05) is 23.8 Å². The third kappa shape index (κ3) is 5.14. The van der Waals surface area contributed by atoms with Crippen LogP contribution in [-0.2, 0) is 10.0 Å². The van der Waals surface area contributed by atoms with E-state index in [0.717, 1.165) is 46.1 Å². The number of rotatable bonds is 4. The number of nitrogens with zero attached hydrogens (tertiary/aromatic N) is 2. The summed E-state index contributed by atoms with van der Waals surface area (Å²) in [6, 6.07) is 15.3. The molecule has 33 heavy (non-hydrogen) atoms. The van der Waals surface area contributed by atoms with Crippen molar-refractivity contribution in [1.82, 2.24) is 4.90 Å². The lowest BCUT2D eigenvalue weighted by atomic mass is 10.1. The monoisotopic (exact) mass is 503 g/mol. The van der Waals surface area contributed by atoms with Gasteiger partial charge in [-0.1, -0.05) is 47.6 Å². The summed E-state index contributed by atoms with van der Waals surface area (Å²) in [5.41, 5.74) is 4.54. The van der Waals surface area contributed by atoms with Gasteiger partial charge in [0.2, 0.25) is 10.0 Å². The molecule has 0 bridgehead atoms. The maximum Gasteiger partial charge on any atom is 0.329 e. The van der Waals surface area contributed by atoms with Crippen LogP contribution < -0.4 is 10.0 Å². The van der Waals surface area contributed by atoms with Gasteiger partial charge in [0.05, 0.1) is 5.03 Å². The number of hydrogen-bond donors (Lipinski definition) is 1. The summed E-state index contributed by atoms with van der Waals surface area (Å²) in [4.78, 5) is 16.9. The minimum Gasteiger partial charge on any atom is -0.294 e. The van der Waals surface area contributed by atoms with Crippen LogP contribution in [0.5, 0.6) is 0 Å². The molecule has 0 radical (unpaired) electrons. The van der Waals surface area contributed by atoms with Crippen molar-refractivity contribution in [1.29, 1.82) is 0 Å². The molecule has 2 aliphatic rings. The molecule has 9 heteroatoms. The van der Waals surface area contributed by atoms with Gasteiger partial charge in [-0.2, -0.15) is 0 Å². The number of thioether (sulfide) groups is 1. The summed E-state index contributed by atoms with van der Waals surface area (Å²) in [5.74, 6) is 0. The molecule has 0 unspecified atom stereocenters. The molecule has 2 aliphatic heterocycles. The van der Waals surface area contributed by atoms with Crippen LogP contribution in [0.1, 0.15) is 33.1 Å². The van der Waals surface area contributed by atoms with Gasteiger partial charge in [-0.25, -0.2) is 18.4 Å². The Bertz CT molecular complexity index is 1250. The van der Waals surface area contributed by atoms with Gasteiger partial charge in [0.1, 0.15) is 4.24 Å². The fourth-order valence-electron chi connectivity index (χ4n) is 4.09. The molecular formula is C24H26ClN3O3S2. The van der Waals surface area contributed by atoms with Crippen LogP contribution in [0, 0.1) is 0 Å². The van der Waals surface area contributed by atoms with Gasteiger partial charge in [-0.3, -0.25) is 9.80 Å². The second kappa shape index (κ2) is 9.54. The van der Waals surface area contributed by atoms with Crippen LogP contribution in [0.3, 0.4) is 0 Å². The quantitative estimate of drug-likeness (QED) is 0.561. The first-order valence-corrected chi connectivity index (χ1v) is 13.4. The molecule has 0 aromatic heterocycles. The second-order valence-corrected chi connectivity index (χ2v) is 11.5. The van der Waals surface area contributed by atoms with Crippen molar-refractivity contribution in [2.24, 2.45) is 5.14 Å². The molecule has 1 saturated heterocycles. The number of amides is 2. The van der Waals surface area contributed by atoms with Gasteiger partial charge in [-0.15, -0.1) is 0 Å². The van der Waals surface area contributed by atoms with Crippen LogP contribution in [0.15, 0.2) is 68.9 Å². The van der Waals surface area contributed by atoms with E-state index < -0.39 is 10.0 Å². The fourth-order valence-corrected chi connectivity index (χ4v) is 6.57. The number of urea groups is 1. The Hall–Kier alpha value is -2.26. The third-order valence-corrected chi connectivity index (χ3v) is 9.19. The summed E-state index contributed by atoms with van der Waals surface area (Å²) in [5, 5.41) is 6.82. The number of allylic oxidation sites excluding steroid dienone is 2. The number of halogens is 1. The average molecular weight is 504 g/mol. The number of benzene rings is 2. The normalized spacial score (nSPS) is 18.1. The van der Waals surface area contributed by atoms with E-state index in [1.165, 1.54) is 0 Å². The van der Waals surface area contributed by atoms with E-state index in [2.05, 4.69) is 0 Å². The van der Waals surface area contributed by atoms with Crippen molar-refractivity contribution < 1.29 is 13.2 Å². The van der Waals surface area contributed by atoms with Crippen molar-refractivity contribution in [3.8, 4) is 11.1 Å². The lowest BCUT2D eigenvalue weighted by molar-refractivity contribution is 0.212. The lowest BCUT2D eigenvalue weighted by Crippen LogP contribution is -2.48. The molecule has 6 nitrogen and oxygen atoms in total. The molecule has 2 amide bonds. The Morgan fingerprint density at radius 2 is 1.61 bits per heavy atom. The summed E-state index contributed by atoms with van der Waals surface area (Å²) >= 11 is 7.21. The number of hydrogen-bond acceptors (Lipinski definition) is 4. The summed E-state index contributed by atoms with van der Waals surface area (Å²) in [7, 11) is -3.86. The number of primary sulfonamides is 1. The molecule has 0 atom stereocenters. The van der Waals surface area contributed by atoms with Gasteiger partial charge < -0.3 is 0 Å². The van der Waals surface area contributed by atoms with Crippen LogP contribution in [-0.4, -0.2) is 32.4 Å². The van der Waals surface area contributed by atoms with Crippen molar-refractivity contribution >= 4 is 45.1 Å². The van der Waals surface area contributed by atoms with Gasteiger partial charge >= 0.3 is 6.03 Å². The van der Waals surface area contributed by atoms with E-state index in [9.17, 15) is 13.2 Å². The molecule has 1 fully saturated rings. The number of carbonyl (C=O) groups is 1. The van der Waals surface area contributed by atoms with E-state index >= 15 is 0 Å². The summed E-state index contributed by atoms with van der Waals surface area (Å²) in [6.45, 7) is 4.87. The number of sulfonamides is 1. The van der Waals surface area contributed by atoms with Crippen molar-refractivity contribution in [3.63, 3.8) is 0 Å². The zero-order valence-corrected chi connectivity index (χ0v) is 20.9. The molecule has 4 rings (SSSR count). The summed E-state index contributed by atoms with van der Waals surface area (Å²) in [6.07, 6.45) is 2.06. The van der Waals surface area contributed by atoms with Crippen molar-refractivity contribution in [3.05, 3.63) is 74.0 Å². The zero-order valence-electron chi connectivity index (χ0n) is 18.5. The van der Waals surface area contributed by atoms with Crippen LogP contribution in [0.25, 0.3) is 11.1 Å². The van der Waals surface area contributed by atoms with Gasteiger partial charge in [-0.05, 0) is 79.6 Å². The molecule has 2 N–H and O–H groups in total. The van der Waals surface area contributed by atoms with Crippen molar-refractivity contribution in [2.45, 2.75) is 33.1 Å². The Balaban J connectivity index is 1.60. The predicted molar refractivity (Wildman–Crippen MR) is 136 cm³/mol. The Kier molecular flexibility index (Phi) is 6.91. The van der Waals surface area contributed by atoms with E-state index in [1.807, 2.05) is 55.5 Å². The lowest BCUT2D eigenvalue weighted by Gasteiger charge is -2.37. The highest BCUT2D eigenvalue weighted by Gasteiger charge is 2.33. The molecule has 0 saturated carbocycles. The SMILES string of the molecule is CC1=C(N2CCCN(c3ccc(-c4cccc(Cl)c4)cc3)C2=O)SC(S(N)(=O)=O)=C(C)CC1. The first kappa shape index (κ1) is 23.9. The molecule has 174 valence electrons. The van der Waals surface area contributed by atoms with Crippen LogP contribution >= 0.6 is 23.4 Å². The average Bonchev–Trinajstić information content (AvgIpc) is 2.93. The van der Waals surface area contributed by atoms with E-state index in [-0.39, 0.29) is 10.3 Å². The molecule has 0 spiro atoms. The minimum atomic E-state index is -3.86. The fraction of sp³-hybridized carbons (Fsp3) is 0.292. The summed E-state index contributed by atoms with van der Waals surface area (Å²) < 4.78 is 24.5. The maximum atomic E-state index is 13.5. The number of anilines is 1. The van der Waals surface area contributed by atoms with Crippen LogP contribution in [0.2, 0.25) is 5.02 Å². The standard InChI is InChI=1S/C24H26ClN3O3S2/c1-16-7-8-17(2)23(33(26,30)31)32-22(16)28-14-4-13-27(24(28)29)21-11-9-18(10-12-21)19-5-3-6-20(25)15-19/h3,5-6,9-12,15H,4,7-8,13-14H2,1-2H3,(H2,26,30,31). The molecule has 2 heterocycles. The first-order valence-electron chi connectivity index (χ1n) is 10.7. The number of carbonyl (C=O) groups excluding carboxylic acids is 1. The van der Waals surface area contributed by atoms with Gasteiger partial charge in [0.25, 0.3) is 0 Å². The Labute approximate surface area is 204 Å².